The number of piperidine rings is 1. The average Bonchev–Trinajstić information content (AvgIpc) is 3.59. The van der Waals surface area contributed by atoms with Crippen LogP contribution in [-0.4, -0.2) is 111 Å². The second kappa shape index (κ2) is 16.8. The Morgan fingerprint density at radius 2 is 1.79 bits per heavy atom. The highest BCUT2D eigenvalue weighted by Gasteiger charge is 2.46. The minimum absolute atomic E-state index is 0.0638. The molecular formula is C44H53ClN12O5. The number of pyridine rings is 2. The Morgan fingerprint density at radius 1 is 1.02 bits per heavy atom. The average molecular weight is 865 g/mol. The van der Waals surface area contributed by atoms with E-state index in [4.69, 9.17) is 26.4 Å². The summed E-state index contributed by atoms with van der Waals surface area (Å²) < 4.78 is 9.06. The first-order valence-corrected chi connectivity index (χ1v) is 22.0. The Morgan fingerprint density at radius 3 is 2.52 bits per heavy atom. The van der Waals surface area contributed by atoms with E-state index in [2.05, 4.69) is 52.8 Å². The molecule has 0 radical (unpaired) electrons. The summed E-state index contributed by atoms with van der Waals surface area (Å²) in [7, 11) is 3.46. The molecule has 4 aromatic heterocycles. The van der Waals surface area contributed by atoms with Crippen molar-refractivity contribution in [2.45, 2.75) is 64.3 Å². The van der Waals surface area contributed by atoms with Crippen LogP contribution in [0.2, 0.25) is 5.02 Å². The number of aryl methyl sites for hydroxylation is 1. The second-order valence-electron chi connectivity index (χ2n) is 17.6. The highest BCUT2D eigenvalue weighted by Crippen LogP contribution is 2.49. The summed E-state index contributed by atoms with van der Waals surface area (Å²) in [4.78, 5) is 70.8. The smallest absolute Gasteiger partial charge is 0.294 e. The van der Waals surface area contributed by atoms with Gasteiger partial charge in [-0.25, -0.2) is 9.97 Å². The molecule has 1 aliphatic carbocycles. The van der Waals surface area contributed by atoms with Gasteiger partial charge in [-0.15, -0.1) is 0 Å². The molecule has 17 nitrogen and oxygen atoms in total. The zero-order valence-electron chi connectivity index (χ0n) is 35.6. The predicted molar refractivity (Wildman–Crippen MR) is 237 cm³/mol. The third-order valence-electron chi connectivity index (χ3n) is 13.2. The molecule has 1 aromatic carbocycles. The topological polar surface area (TPSA) is 185 Å². The van der Waals surface area contributed by atoms with E-state index in [1.54, 1.807) is 23.0 Å². The number of likely N-dealkylation sites (N-methyl/N-ethyl adjacent to an activating group) is 1. The number of nitrogens with zero attached hydrogens (tertiary/aromatic N) is 9. The molecule has 326 valence electrons. The van der Waals surface area contributed by atoms with E-state index in [-0.39, 0.29) is 41.7 Å². The van der Waals surface area contributed by atoms with E-state index < -0.39 is 5.92 Å². The Hall–Kier alpha value is -5.81. The number of nitrogens with one attached hydrogen (secondary N) is 3. The minimum atomic E-state index is -0.412. The maximum absolute atomic E-state index is 13.2. The fourth-order valence-corrected chi connectivity index (χ4v) is 9.97. The van der Waals surface area contributed by atoms with Crippen molar-refractivity contribution >= 4 is 74.4 Å². The molecule has 4 fully saturated rings. The first kappa shape index (κ1) is 41.5. The lowest BCUT2D eigenvalue weighted by molar-refractivity contribution is -0.134. The number of aromatic nitrogens is 6. The Kier molecular flexibility index (Phi) is 11.3. The highest BCUT2D eigenvalue weighted by atomic mass is 35.5. The number of benzene rings is 1. The highest BCUT2D eigenvalue weighted by molar-refractivity contribution is 6.33. The second-order valence-corrected chi connectivity index (χ2v) is 18.0. The normalized spacial score (nSPS) is 19.6. The van der Waals surface area contributed by atoms with E-state index in [0.29, 0.717) is 57.7 Å². The fourth-order valence-electron chi connectivity index (χ4n) is 9.83. The first-order valence-electron chi connectivity index (χ1n) is 21.6. The SMILES string of the molecule is CNC(=O)COc1cc2cc(Nc3nc(N4CCN(CC5CCC6(CC5)CN(c5cccc7c(C8CCC(=O)NC8=O)nn(C)c57)C6)CC4)ncc3Cl)cnc2n(C(C)C)c1=O. The Bertz CT molecular complexity index is 2600. The van der Waals surface area contributed by atoms with Gasteiger partial charge in [-0.3, -0.25) is 38.6 Å². The summed E-state index contributed by atoms with van der Waals surface area (Å²) in [5, 5.41) is 15.1. The van der Waals surface area contributed by atoms with Crippen molar-refractivity contribution in [2.75, 3.05) is 74.6 Å². The molecule has 1 saturated carbocycles. The number of amides is 3. The number of fused-ring (bicyclic) bond motifs is 2. The van der Waals surface area contributed by atoms with Crippen molar-refractivity contribution in [1.29, 1.82) is 0 Å². The van der Waals surface area contributed by atoms with Crippen LogP contribution in [0.15, 0.2) is 47.5 Å². The minimum Gasteiger partial charge on any atom is -0.478 e. The molecule has 1 unspecified atom stereocenters. The van der Waals surface area contributed by atoms with Gasteiger partial charge in [0.15, 0.2) is 18.2 Å². The van der Waals surface area contributed by atoms with Crippen molar-refractivity contribution in [3.8, 4) is 5.75 Å². The van der Waals surface area contributed by atoms with Crippen LogP contribution in [0.25, 0.3) is 21.9 Å². The molecule has 3 amide bonds. The lowest BCUT2D eigenvalue weighted by Crippen LogP contribution is -2.58. The number of ether oxygens (including phenoxy) is 1. The van der Waals surface area contributed by atoms with Gasteiger partial charge >= 0.3 is 0 Å². The fraction of sp³-hybridized carbons (Fsp3) is 0.500. The van der Waals surface area contributed by atoms with Crippen LogP contribution in [-0.2, 0) is 21.4 Å². The van der Waals surface area contributed by atoms with Crippen molar-refractivity contribution in [3.63, 3.8) is 0 Å². The summed E-state index contributed by atoms with van der Waals surface area (Å²) in [5.41, 5.74) is 4.07. The molecule has 18 heteroatoms. The van der Waals surface area contributed by atoms with Crippen LogP contribution < -0.4 is 36.0 Å². The molecule has 4 aliphatic rings. The third kappa shape index (κ3) is 8.03. The summed E-state index contributed by atoms with van der Waals surface area (Å²) in [5.74, 6) is 0.570. The first-order chi connectivity index (χ1) is 29.9. The Labute approximate surface area is 364 Å². The van der Waals surface area contributed by atoms with Crippen molar-refractivity contribution in [2.24, 2.45) is 18.4 Å². The van der Waals surface area contributed by atoms with Crippen molar-refractivity contribution in [1.82, 2.24) is 44.8 Å². The molecular weight excluding hydrogens is 812 g/mol. The number of halogens is 1. The lowest BCUT2D eigenvalue weighted by Gasteiger charge is -2.55. The summed E-state index contributed by atoms with van der Waals surface area (Å²) in [6.45, 7) is 10.1. The number of carbonyl (C=O) groups is 3. The molecule has 1 spiro atoms. The number of hydrogen-bond donors (Lipinski definition) is 3. The Balaban J connectivity index is 0.784. The largest absolute Gasteiger partial charge is 0.478 e. The standard InChI is InChI=1S/C44H53ClN12O5/c1-26(2)57-40-28(19-34(42(57)61)62-23-36(59)46-3)18-29(20-47-40)49-39-32(45)21-48-43(51-39)55-16-14-54(15-17-55)22-27-10-12-44(13-11-27)24-56(25-44)33-7-5-6-30-37(52-53(4)38(30)33)31-8-9-35(58)50-41(31)60/h5-7,18-21,26-27,31H,8-17,22-25H2,1-4H3,(H,46,59)(H,48,49,51)(H,50,58,60). The molecule has 1 atom stereocenters. The van der Waals surface area contributed by atoms with Crippen LogP contribution in [0.3, 0.4) is 0 Å². The van der Waals surface area contributed by atoms with E-state index in [1.165, 1.54) is 38.4 Å². The van der Waals surface area contributed by atoms with Crippen LogP contribution in [0.5, 0.6) is 5.75 Å². The van der Waals surface area contributed by atoms with Crippen LogP contribution >= 0.6 is 11.6 Å². The zero-order valence-corrected chi connectivity index (χ0v) is 36.4. The van der Waals surface area contributed by atoms with Gasteiger partial charge in [-0.1, -0.05) is 23.7 Å². The molecule has 3 saturated heterocycles. The lowest BCUT2D eigenvalue weighted by atomic mass is 9.65. The van der Waals surface area contributed by atoms with Crippen LogP contribution in [0, 0.1) is 11.3 Å². The molecule has 0 bridgehead atoms. The van der Waals surface area contributed by atoms with Crippen LogP contribution in [0.1, 0.15) is 70.0 Å². The predicted octanol–water partition coefficient (Wildman–Crippen LogP) is 4.51. The van der Waals surface area contributed by atoms with Gasteiger partial charge < -0.3 is 25.2 Å². The van der Waals surface area contributed by atoms with Gasteiger partial charge in [0.25, 0.3) is 11.5 Å². The van der Waals surface area contributed by atoms with E-state index in [0.717, 1.165) is 62.4 Å². The monoisotopic (exact) mass is 864 g/mol. The number of rotatable bonds is 11. The van der Waals surface area contributed by atoms with E-state index in [1.807, 2.05) is 37.7 Å². The van der Waals surface area contributed by atoms with Crippen molar-refractivity contribution in [3.05, 3.63) is 63.8 Å². The van der Waals surface area contributed by atoms with E-state index >= 15 is 0 Å². The number of anilines is 4. The molecule has 62 heavy (non-hydrogen) atoms. The molecule has 5 aromatic rings. The molecule has 7 heterocycles. The van der Waals surface area contributed by atoms with Gasteiger partial charge in [0, 0.05) is 88.6 Å². The number of imide groups is 1. The summed E-state index contributed by atoms with van der Waals surface area (Å²) in [6, 6.07) is 9.54. The van der Waals surface area contributed by atoms with E-state index in [9.17, 15) is 19.2 Å². The van der Waals surface area contributed by atoms with Crippen LogP contribution in [0.4, 0.5) is 23.1 Å². The number of piperazine rings is 1. The van der Waals surface area contributed by atoms with Gasteiger partial charge in [0.1, 0.15) is 10.7 Å². The molecule has 9 rings (SSSR count). The summed E-state index contributed by atoms with van der Waals surface area (Å²) >= 11 is 6.61. The molecule has 3 aliphatic heterocycles. The third-order valence-corrected chi connectivity index (χ3v) is 13.4. The van der Waals surface area contributed by atoms with Gasteiger partial charge in [-0.2, -0.15) is 10.1 Å². The van der Waals surface area contributed by atoms with Gasteiger partial charge in [0.2, 0.25) is 17.8 Å². The van der Waals surface area contributed by atoms with Gasteiger partial charge in [0.05, 0.1) is 40.9 Å². The van der Waals surface area contributed by atoms with Crippen molar-refractivity contribution < 1.29 is 19.1 Å². The maximum atomic E-state index is 13.2. The zero-order chi connectivity index (χ0) is 43.3. The number of carbonyl (C=O) groups excluding carboxylic acids is 3. The summed E-state index contributed by atoms with van der Waals surface area (Å²) in [6.07, 6.45) is 8.97. The van der Waals surface area contributed by atoms with Gasteiger partial charge in [-0.05, 0) is 70.1 Å². The number of para-hydroxylation sites is 1. The maximum Gasteiger partial charge on any atom is 0.294 e. The quantitative estimate of drug-likeness (QED) is 0.158. The number of hydrogen-bond acceptors (Lipinski definition) is 13. The molecule has 3 N–H and O–H groups in total.